The van der Waals surface area contributed by atoms with Gasteiger partial charge in [0.1, 0.15) is 6.54 Å². The van der Waals surface area contributed by atoms with Crippen molar-refractivity contribution in [2.24, 2.45) is 5.73 Å². The van der Waals surface area contributed by atoms with Crippen LogP contribution in [-0.4, -0.2) is 41.0 Å². The van der Waals surface area contributed by atoms with Gasteiger partial charge in [-0.15, -0.1) is 6.58 Å². The molecule has 0 aliphatic carbocycles. The highest BCUT2D eigenvalue weighted by Gasteiger charge is 2.18. The number of carbonyl (C=O) groups is 2. The minimum Gasteiger partial charge on any atom is -0.480 e. The van der Waals surface area contributed by atoms with Crippen LogP contribution < -0.4 is 5.73 Å². The summed E-state index contributed by atoms with van der Waals surface area (Å²) in [4.78, 5) is 22.7. The molecule has 1 amide bonds. The zero-order valence-electron chi connectivity index (χ0n) is 7.56. The smallest absolute Gasteiger partial charge is 0.323 e. The first-order valence-corrected chi connectivity index (χ1v) is 3.86. The van der Waals surface area contributed by atoms with E-state index in [9.17, 15) is 9.59 Å². The summed E-state index contributed by atoms with van der Waals surface area (Å²) in [5.41, 5.74) is 5.32. The van der Waals surface area contributed by atoms with E-state index in [1.54, 1.807) is 0 Å². The fraction of sp³-hybridized carbons (Fsp3) is 0.500. The van der Waals surface area contributed by atoms with E-state index in [0.29, 0.717) is 0 Å². The molecule has 0 spiro atoms. The third-order valence-electron chi connectivity index (χ3n) is 1.38. The third-order valence-corrected chi connectivity index (χ3v) is 1.38. The van der Waals surface area contributed by atoms with Gasteiger partial charge in [0, 0.05) is 6.54 Å². The van der Waals surface area contributed by atoms with E-state index in [1.807, 2.05) is 0 Å². The summed E-state index contributed by atoms with van der Waals surface area (Å²) in [6, 6.07) is -0.681. The van der Waals surface area contributed by atoms with Crippen molar-refractivity contribution in [1.29, 1.82) is 0 Å². The Morgan fingerprint density at radius 3 is 2.54 bits per heavy atom. The molecule has 5 nitrogen and oxygen atoms in total. The lowest BCUT2D eigenvalue weighted by atomic mass is 10.3. The van der Waals surface area contributed by atoms with Gasteiger partial charge in [0.15, 0.2) is 0 Å². The van der Waals surface area contributed by atoms with Gasteiger partial charge in [-0.2, -0.15) is 0 Å². The molecule has 3 N–H and O–H groups in total. The van der Waals surface area contributed by atoms with E-state index in [-0.39, 0.29) is 19.0 Å². The van der Waals surface area contributed by atoms with Gasteiger partial charge < -0.3 is 15.7 Å². The second-order valence-corrected chi connectivity index (χ2v) is 2.69. The highest BCUT2D eigenvalue weighted by Crippen LogP contribution is 1.93. The first-order chi connectivity index (χ1) is 5.99. The molecule has 0 heterocycles. The number of carboxylic acids is 1. The Hall–Kier alpha value is -1.36. The fourth-order valence-electron chi connectivity index (χ4n) is 0.840. The quantitative estimate of drug-likeness (QED) is 0.563. The summed E-state index contributed by atoms with van der Waals surface area (Å²) in [6.45, 7) is 4.80. The number of rotatable bonds is 5. The van der Waals surface area contributed by atoms with Gasteiger partial charge in [-0.1, -0.05) is 6.08 Å². The number of amides is 1. The number of nitrogens with zero attached hydrogens (tertiary/aromatic N) is 1. The van der Waals surface area contributed by atoms with Crippen LogP contribution in [0.3, 0.4) is 0 Å². The first kappa shape index (κ1) is 11.6. The summed E-state index contributed by atoms with van der Waals surface area (Å²) in [7, 11) is 0. The SMILES string of the molecule is C=CCN(CC(=O)O)C(=O)[C@@H](C)N. The summed E-state index contributed by atoms with van der Waals surface area (Å²) in [5.74, 6) is -1.45. The molecule has 0 saturated carbocycles. The number of hydrogen-bond donors (Lipinski definition) is 2. The lowest BCUT2D eigenvalue weighted by Crippen LogP contribution is -2.44. The average Bonchev–Trinajstić information content (AvgIpc) is 2.01. The Kier molecular flexibility index (Phi) is 4.76. The highest BCUT2D eigenvalue weighted by molar-refractivity contribution is 5.84. The van der Waals surface area contributed by atoms with Gasteiger partial charge in [0.2, 0.25) is 5.91 Å². The standard InChI is InChI=1S/C8H14N2O3/c1-3-4-10(5-7(11)12)8(13)6(2)9/h3,6H,1,4-5,9H2,2H3,(H,11,12)/t6-/m1/s1. The molecule has 0 aromatic heterocycles. The topological polar surface area (TPSA) is 83.6 Å². The Bertz CT molecular complexity index is 213. The van der Waals surface area contributed by atoms with Crippen molar-refractivity contribution in [3.05, 3.63) is 12.7 Å². The minimum atomic E-state index is -1.06. The van der Waals surface area contributed by atoms with Crippen molar-refractivity contribution in [2.45, 2.75) is 13.0 Å². The Labute approximate surface area is 76.8 Å². The van der Waals surface area contributed by atoms with Crippen LogP contribution in [0.1, 0.15) is 6.92 Å². The van der Waals surface area contributed by atoms with Crippen LogP contribution in [0, 0.1) is 0 Å². The lowest BCUT2D eigenvalue weighted by molar-refractivity contribution is -0.144. The lowest BCUT2D eigenvalue weighted by Gasteiger charge is -2.20. The Balaban J connectivity index is 4.31. The van der Waals surface area contributed by atoms with Crippen LogP contribution in [0.15, 0.2) is 12.7 Å². The molecule has 0 bridgehead atoms. The molecule has 0 rings (SSSR count). The van der Waals surface area contributed by atoms with Crippen molar-refractivity contribution in [2.75, 3.05) is 13.1 Å². The number of nitrogens with two attached hydrogens (primary N) is 1. The second kappa shape index (κ2) is 5.31. The summed E-state index contributed by atoms with van der Waals surface area (Å²) < 4.78 is 0. The van der Waals surface area contributed by atoms with E-state index >= 15 is 0 Å². The van der Waals surface area contributed by atoms with Crippen molar-refractivity contribution < 1.29 is 14.7 Å². The van der Waals surface area contributed by atoms with Gasteiger partial charge in [-0.25, -0.2) is 0 Å². The molecule has 5 heteroatoms. The van der Waals surface area contributed by atoms with E-state index in [2.05, 4.69) is 6.58 Å². The molecule has 13 heavy (non-hydrogen) atoms. The zero-order valence-corrected chi connectivity index (χ0v) is 7.56. The maximum absolute atomic E-state index is 11.3. The van der Waals surface area contributed by atoms with Crippen molar-refractivity contribution >= 4 is 11.9 Å². The highest BCUT2D eigenvalue weighted by atomic mass is 16.4. The molecule has 1 atom stereocenters. The molecular formula is C8H14N2O3. The van der Waals surface area contributed by atoms with Gasteiger partial charge in [-0.05, 0) is 6.92 Å². The van der Waals surface area contributed by atoms with Gasteiger partial charge >= 0.3 is 5.97 Å². The molecule has 0 unspecified atom stereocenters. The summed E-state index contributed by atoms with van der Waals surface area (Å²) in [6.07, 6.45) is 1.46. The Morgan fingerprint density at radius 1 is 1.69 bits per heavy atom. The van der Waals surface area contributed by atoms with Crippen LogP contribution in [0.4, 0.5) is 0 Å². The summed E-state index contributed by atoms with van der Waals surface area (Å²) >= 11 is 0. The van der Waals surface area contributed by atoms with Crippen LogP contribution >= 0.6 is 0 Å². The predicted molar refractivity (Wildman–Crippen MR) is 48.1 cm³/mol. The molecular weight excluding hydrogens is 172 g/mol. The van der Waals surface area contributed by atoms with Gasteiger partial charge in [0.05, 0.1) is 6.04 Å². The number of carboxylic acid groups (broad SMARTS) is 1. The van der Waals surface area contributed by atoms with Crippen LogP contribution in [0.5, 0.6) is 0 Å². The molecule has 0 fully saturated rings. The van der Waals surface area contributed by atoms with Crippen LogP contribution in [0.2, 0.25) is 0 Å². The van der Waals surface area contributed by atoms with Crippen molar-refractivity contribution in [1.82, 2.24) is 4.90 Å². The molecule has 0 saturated heterocycles. The van der Waals surface area contributed by atoms with E-state index in [4.69, 9.17) is 10.8 Å². The average molecular weight is 186 g/mol. The maximum Gasteiger partial charge on any atom is 0.323 e. The molecule has 0 aromatic rings. The largest absolute Gasteiger partial charge is 0.480 e. The molecule has 0 aliphatic rings. The van der Waals surface area contributed by atoms with E-state index in [1.165, 1.54) is 13.0 Å². The van der Waals surface area contributed by atoms with Gasteiger partial charge in [0.25, 0.3) is 0 Å². The number of carbonyl (C=O) groups excluding carboxylic acids is 1. The molecule has 0 radical (unpaired) electrons. The van der Waals surface area contributed by atoms with E-state index < -0.39 is 12.0 Å². The van der Waals surface area contributed by atoms with Gasteiger partial charge in [-0.3, -0.25) is 9.59 Å². The minimum absolute atomic E-state index is 0.201. The first-order valence-electron chi connectivity index (χ1n) is 3.86. The number of hydrogen-bond acceptors (Lipinski definition) is 3. The second-order valence-electron chi connectivity index (χ2n) is 2.69. The monoisotopic (exact) mass is 186 g/mol. The zero-order chi connectivity index (χ0) is 10.4. The van der Waals surface area contributed by atoms with Crippen molar-refractivity contribution in [3.63, 3.8) is 0 Å². The van der Waals surface area contributed by atoms with Crippen molar-refractivity contribution in [3.8, 4) is 0 Å². The van der Waals surface area contributed by atoms with Crippen LogP contribution in [0.25, 0.3) is 0 Å². The molecule has 0 aromatic carbocycles. The molecule has 0 aliphatic heterocycles. The van der Waals surface area contributed by atoms with Crippen LogP contribution in [-0.2, 0) is 9.59 Å². The Morgan fingerprint density at radius 2 is 2.23 bits per heavy atom. The predicted octanol–water partition coefficient (Wildman–Crippen LogP) is -0.567. The third kappa shape index (κ3) is 4.27. The number of aliphatic carboxylic acids is 1. The normalized spacial score (nSPS) is 11.8. The molecule has 74 valence electrons. The van der Waals surface area contributed by atoms with E-state index in [0.717, 1.165) is 4.90 Å². The fourth-order valence-corrected chi connectivity index (χ4v) is 0.840. The summed E-state index contributed by atoms with van der Waals surface area (Å²) in [5, 5.41) is 8.47. The maximum atomic E-state index is 11.3.